The zero-order valence-electron chi connectivity index (χ0n) is 9.21. The van der Waals surface area contributed by atoms with Gasteiger partial charge < -0.3 is 10.1 Å². The highest BCUT2D eigenvalue weighted by molar-refractivity contribution is 7.22. The van der Waals surface area contributed by atoms with E-state index in [-0.39, 0.29) is 0 Å². The number of halogens is 1. The summed E-state index contributed by atoms with van der Waals surface area (Å²) in [5.41, 5.74) is 2.13. The molecule has 0 bridgehead atoms. The first kappa shape index (κ1) is 11.6. The Bertz CT molecular complexity index is 498. The van der Waals surface area contributed by atoms with Crippen LogP contribution in [0.4, 0.5) is 5.13 Å². The van der Waals surface area contributed by atoms with Crippen LogP contribution in [-0.4, -0.2) is 25.2 Å². The topological polar surface area (TPSA) is 34.1 Å². The van der Waals surface area contributed by atoms with E-state index in [9.17, 15) is 0 Å². The number of aromatic nitrogens is 1. The minimum Gasteiger partial charge on any atom is -0.383 e. The lowest BCUT2D eigenvalue weighted by atomic mass is 10.2. The van der Waals surface area contributed by atoms with Gasteiger partial charge in [-0.3, -0.25) is 0 Å². The molecule has 1 aromatic carbocycles. The lowest BCUT2D eigenvalue weighted by molar-refractivity contribution is 0.211. The highest BCUT2D eigenvalue weighted by atomic mass is 35.5. The first-order valence-corrected chi connectivity index (χ1v) is 6.19. The van der Waals surface area contributed by atoms with Gasteiger partial charge in [0, 0.05) is 18.7 Å². The van der Waals surface area contributed by atoms with Crippen LogP contribution in [0.2, 0.25) is 5.02 Å². The number of rotatable bonds is 4. The van der Waals surface area contributed by atoms with Crippen LogP contribution in [0.25, 0.3) is 10.2 Å². The van der Waals surface area contributed by atoms with E-state index in [0.29, 0.717) is 6.61 Å². The normalized spacial score (nSPS) is 10.9. The number of thiazole rings is 1. The number of nitrogens with one attached hydrogen (secondary N) is 1. The molecule has 0 saturated heterocycles. The van der Waals surface area contributed by atoms with Gasteiger partial charge in [-0.1, -0.05) is 22.9 Å². The van der Waals surface area contributed by atoms with Crippen LogP contribution in [-0.2, 0) is 4.74 Å². The number of benzene rings is 1. The maximum Gasteiger partial charge on any atom is 0.183 e. The van der Waals surface area contributed by atoms with Gasteiger partial charge in [-0.2, -0.15) is 0 Å². The number of ether oxygens (including phenoxy) is 1. The monoisotopic (exact) mass is 256 g/mol. The third-order valence-corrected chi connectivity index (χ3v) is 3.41. The second-order valence-corrected chi connectivity index (χ2v) is 4.98. The molecule has 2 rings (SSSR count). The van der Waals surface area contributed by atoms with E-state index in [0.717, 1.165) is 32.5 Å². The van der Waals surface area contributed by atoms with Gasteiger partial charge >= 0.3 is 0 Å². The number of anilines is 1. The maximum atomic E-state index is 6.00. The standard InChI is InChI=1S/C11H13ClN2OS/c1-7-5-8(12)6-9-10(7)14-11(16-9)13-3-4-15-2/h5-6H,3-4H2,1-2H3,(H,13,14). The fraction of sp³-hybridized carbons (Fsp3) is 0.364. The van der Waals surface area contributed by atoms with E-state index >= 15 is 0 Å². The summed E-state index contributed by atoms with van der Waals surface area (Å²) in [5, 5.41) is 4.90. The van der Waals surface area contributed by atoms with Crippen molar-refractivity contribution in [2.75, 3.05) is 25.6 Å². The van der Waals surface area contributed by atoms with Crippen molar-refractivity contribution in [1.82, 2.24) is 4.98 Å². The quantitative estimate of drug-likeness (QED) is 0.853. The smallest absolute Gasteiger partial charge is 0.183 e. The fourth-order valence-electron chi connectivity index (χ4n) is 1.49. The highest BCUT2D eigenvalue weighted by Crippen LogP contribution is 2.30. The fourth-order valence-corrected chi connectivity index (χ4v) is 2.84. The Balaban J connectivity index is 2.26. The van der Waals surface area contributed by atoms with Crippen molar-refractivity contribution in [3.63, 3.8) is 0 Å². The number of aryl methyl sites for hydroxylation is 1. The van der Waals surface area contributed by atoms with Crippen molar-refractivity contribution in [2.24, 2.45) is 0 Å². The van der Waals surface area contributed by atoms with Crippen LogP contribution in [0.5, 0.6) is 0 Å². The number of fused-ring (bicyclic) bond motifs is 1. The molecule has 0 amide bonds. The van der Waals surface area contributed by atoms with Crippen LogP contribution >= 0.6 is 22.9 Å². The van der Waals surface area contributed by atoms with Crippen molar-refractivity contribution in [1.29, 1.82) is 0 Å². The SMILES string of the molecule is COCCNc1nc2c(C)cc(Cl)cc2s1. The molecule has 86 valence electrons. The first-order chi connectivity index (χ1) is 7.70. The van der Waals surface area contributed by atoms with E-state index < -0.39 is 0 Å². The summed E-state index contributed by atoms with van der Waals surface area (Å²) < 4.78 is 6.09. The summed E-state index contributed by atoms with van der Waals surface area (Å²) >= 11 is 7.61. The van der Waals surface area contributed by atoms with Crippen molar-refractivity contribution in [2.45, 2.75) is 6.92 Å². The Morgan fingerprint density at radius 3 is 3.06 bits per heavy atom. The van der Waals surface area contributed by atoms with Crippen molar-refractivity contribution in [3.05, 3.63) is 22.7 Å². The van der Waals surface area contributed by atoms with Gasteiger partial charge in [0.2, 0.25) is 0 Å². The van der Waals surface area contributed by atoms with Crippen LogP contribution in [0.1, 0.15) is 5.56 Å². The molecule has 1 N–H and O–H groups in total. The van der Waals surface area contributed by atoms with E-state index in [4.69, 9.17) is 16.3 Å². The number of hydrogen-bond donors (Lipinski definition) is 1. The average Bonchev–Trinajstić information content (AvgIpc) is 2.61. The van der Waals surface area contributed by atoms with E-state index in [1.807, 2.05) is 19.1 Å². The average molecular weight is 257 g/mol. The largest absolute Gasteiger partial charge is 0.383 e. The molecule has 0 radical (unpaired) electrons. The molecule has 1 aromatic heterocycles. The van der Waals surface area contributed by atoms with Crippen molar-refractivity contribution < 1.29 is 4.74 Å². The molecule has 0 aliphatic rings. The zero-order chi connectivity index (χ0) is 11.5. The van der Waals surface area contributed by atoms with Crippen LogP contribution in [0.15, 0.2) is 12.1 Å². The minimum atomic E-state index is 0.676. The molecule has 5 heteroatoms. The predicted molar refractivity (Wildman–Crippen MR) is 69.7 cm³/mol. The van der Waals surface area contributed by atoms with Crippen LogP contribution < -0.4 is 5.32 Å². The second kappa shape index (κ2) is 4.99. The first-order valence-electron chi connectivity index (χ1n) is 5.00. The molecule has 2 aromatic rings. The molecule has 1 heterocycles. The van der Waals surface area contributed by atoms with Crippen LogP contribution in [0.3, 0.4) is 0 Å². The van der Waals surface area contributed by atoms with Crippen molar-refractivity contribution >= 4 is 38.3 Å². The van der Waals surface area contributed by atoms with Gasteiger partial charge in [-0.05, 0) is 24.6 Å². The Morgan fingerprint density at radius 2 is 2.31 bits per heavy atom. The second-order valence-electron chi connectivity index (χ2n) is 3.51. The number of hydrogen-bond acceptors (Lipinski definition) is 4. The lowest BCUT2D eigenvalue weighted by Gasteiger charge is -1.99. The van der Waals surface area contributed by atoms with Gasteiger partial charge in [-0.15, -0.1) is 0 Å². The molecule has 0 atom stereocenters. The van der Waals surface area contributed by atoms with E-state index in [1.54, 1.807) is 18.4 Å². The molecule has 16 heavy (non-hydrogen) atoms. The van der Waals surface area contributed by atoms with Crippen LogP contribution in [0, 0.1) is 6.92 Å². The summed E-state index contributed by atoms with van der Waals surface area (Å²) in [4.78, 5) is 4.52. The summed E-state index contributed by atoms with van der Waals surface area (Å²) in [6.45, 7) is 3.46. The summed E-state index contributed by atoms with van der Waals surface area (Å²) in [6.07, 6.45) is 0. The van der Waals surface area contributed by atoms with E-state index in [2.05, 4.69) is 10.3 Å². The summed E-state index contributed by atoms with van der Waals surface area (Å²) in [5.74, 6) is 0. The van der Waals surface area contributed by atoms with E-state index in [1.165, 1.54) is 0 Å². The Hall–Kier alpha value is -0.840. The molecule has 0 fully saturated rings. The van der Waals surface area contributed by atoms with Gasteiger partial charge in [-0.25, -0.2) is 4.98 Å². The minimum absolute atomic E-state index is 0.676. The third kappa shape index (κ3) is 2.45. The Labute approximate surface area is 103 Å². The molecule has 0 saturated carbocycles. The lowest BCUT2D eigenvalue weighted by Crippen LogP contribution is -2.06. The molecule has 0 aliphatic heterocycles. The Kier molecular flexibility index (Phi) is 3.63. The van der Waals surface area contributed by atoms with Crippen molar-refractivity contribution in [3.8, 4) is 0 Å². The number of nitrogens with zero attached hydrogens (tertiary/aromatic N) is 1. The molecule has 0 spiro atoms. The number of methoxy groups -OCH3 is 1. The van der Waals surface area contributed by atoms with Gasteiger partial charge in [0.1, 0.15) is 0 Å². The molecule has 3 nitrogen and oxygen atoms in total. The summed E-state index contributed by atoms with van der Waals surface area (Å²) in [6, 6.07) is 3.88. The Morgan fingerprint density at radius 1 is 1.50 bits per heavy atom. The summed E-state index contributed by atoms with van der Waals surface area (Å²) in [7, 11) is 1.68. The maximum absolute atomic E-state index is 6.00. The predicted octanol–water partition coefficient (Wildman–Crippen LogP) is 3.32. The molecule has 0 aliphatic carbocycles. The highest BCUT2D eigenvalue weighted by Gasteiger charge is 2.06. The van der Waals surface area contributed by atoms with Gasteiger partial charge in [0.05, 0.1) is 16.8 Å². The molecule has 0 unspecified atom stereocenters. The molecular formula is C11H13ClN2OS. The van der Waals surface area contributed by atoms with Gasteiger partial charge in [0.25, 0.3) is 0 Å². The van der Waals surface area contributed by atoms with Gasteiger partial charge in [0.15, 0.2) is 5.13 Å². The third-order valence-electron chi connectivity index (χ3n) is 2.23. The molecular weight excluding hydrogens is 244 g/mol. The zero-order valence-corrected chi connectivity index (χ0v) is 10.8.